The Kier molecular flexibility index (Phi) is 3.46. The summed E-state index contributed by atoms with van der Waals surface area (Å²) in [4.78, 5) is 0. The van der Waals surface area contributed by atoms with Crippen molar-refractivity contribution in [1.82, 2.24) is 5.32 Å². The zero-order valence-electron chi connectivity index (χ0n) is 10.9. The summed E-state index contributed by atoms with van der Waals surface area (Å²) in [6, 6.07) is 6.91. The molecule has 2 N–H and O–H groups in total. The number of benzene rings is 1. The normalized spacial score (nSPS) is 22.0. The lowest BCUT2D eigenvalue weighted by Gasteiger charge is -2.33. The number of nitrogens with one attached hydrogen (secondary N) is 1. The summed E-state index contributed by atoms with van der Waals surface area (Å²) in [7, 11) is 0. The van der Waals surface area contributed by atoms with Crippen LogP contribution in [0.4, 0.5) is 4.39 Å². The van der Waals surface area contributed by atoms with Gasteiger partial charge in [0.25, 0.3) is 0 Å². The van der Waals surface area contributed by atoms with Gasteiger partial charge in [-0.05, 0) is 43.7 Å². The van der Waals surface area contributed by atoms with Crippen LogP contribution in [0.2, 0.25) is 0 Å². The Morgan fingerprint density at radius 3 is 2.58 bits per heavy atom. The van der Waals surface area contributed by atoms with Crippen molar-refractivity contribution in [3.63, 3.8) is 0 Å². The Labute approximate surface area is 112 Å². The number of halogens is 1. The van der Waals surface area contributed by atoms with Gasteiger partial charge in [0, 0.05) is 6.04 Å². The van der Waals surface area contributed by atoms with E-state index in [2.05, 4.69) is 5.32 Å². The molecule has 19 heavy (non-hydrogen) atoms. The predicted octanol–water partition coefficient (Wildman–Crippen LogP) is 2.10. The molecule has 0 heterocycles. The first-order chi connectivity index (χ1) is 9.23. The van der Waals surface area contributed by atoms with Crippen LogP contribution < -0.4 is 10.1 Å². The fourth-order valence-electron chi connectivity index (χ4n) is 2.54. The van der Waals surface area contributed by atoms with Gasteiger partial charge in [0.15, 0.2) is 11.6 Å². The zero-order chi connectivity index (χ0) is 13.3. The maximum Gasteiger partial charge on any atom is 0.165 e. The minimum atomic E-state index is -0.399. The molecule has 2 aliphatic rings. The van der Waals surface area contributed by atoms with Crippen LogP contribution in [-0.4, -0.2) is 29.9 Å². The van der Waals surface area contributed by atoms with E-state index in [1.54, 1.807) is 18.2 Å². The van der Waals surface area contributed by atoms with E-state index in [9.17, 15) is 9.50 Å². The van der Waals surface area contributed by atoms with Crippen molar-refractivity contribution in [2.45, 2.75) is 37.3 Å². The highest BCUT2D eigenvalue weighted by molar-refractivity contribution is 5.24. The summed E-state index contributed by atoms with van der Waals surface area (Å²) in [6.07, 6.45) is 4.55. The lowest BCUT2D eigenvalue weighted by molar-refractivity contribution is 0.0813. The van der Waals surface area contributed by atoms with Crippen molar-refractivity contribution in [1.29, 1.82) is 0 Å². The first-order valence-electron chi connectivity index (χ1n) is 6.99. The number of aliphatic hydroxyl groups is 1. The van der Waals surface area contributed by atoms with E-state index in [1.807, 2.05) is 0 Å². The maximum absolute atomic E-state index is 13.6. The molecule has 0 radical (unpaired) electrons. The average Bonchev–Trinajstić information content (AvgIpc) is 3.28. The summed E-state index contributed by atoms with van der Waals surface area (Å²) in [5.74, 6) is 0.361. The van der Waals surface area contributed by atoms with Gasteiger partial charge in [-0.25, -0.2) is 4.39 Å². The van der Waals surface area contributed by atoms with E-state index in [0.717, 1.165) is 25.7 Å². The minimum absolute atomic E-state index is 0.0443. The number of para-hydroxylation sites is 1. The molecule has 0 amide bonds. The second kappa shape index (κ2) is 5.10. The number of aliphatic hydroxyl groups excluding tert-OH is 1. The van der Waals surface area contributed by atoms with E-state index >= 15 is 0 Å². The Bertz CT molecular complexity index is 446. The van der Waals surface area contributed by atoms with Gasteiger partial charge >= 0.3 is 0 Å². The van der Waals surface area contributed by atoms with E-state index in [1.165, 1.54) is 6.07 Å². The van der Waals surface area contributed by atoms with Crippen LogP contribution >= 0.6 is 0 Å². The molecular formula is C15H20FNO2. The number of ether oxygens (including phenoxy) is 1. The number of hydrogen-bond donors (Lipinski definition) is 2. The monoisotopic (exact) mass is 265 g/mol. The largest absolute Gasteiger partial charge is 0.488 e. The van der Waals surface area contributed by atoms with Gasteiger partial charge in [0.05, 0.1) is 12.1 Å². The second-order valence-electron chi connectivity index (χ2n) is 5.73. The molecule has 104 valence electrons. The van der Waals surface area contributed by atoms with Crippen LogP contribution in [0.15, 0.2) is 24.3 Å². The van der Waals surface area contributed by atoms with Gasteiger partial charge in [-0.3, -0.25) is 0 Å². The smallest absolute Gasteiger partial charge is 0.165 e. The molecule has 2 fully saturated rings. The van der Waals surface area contributed by atoms with E-state index < -0.39 is 5.54 Å². The summed E-state index contributed by atoms with van der Waals surface area (Å²) < 4.78 is 19.2. The van der Waals surface area contributed by atoms with Crippen LogP contribution in [0.5, 0.6) is 5.75 Å². The highest BCUT2D eigenvalue weighted by Gasteiger charge is 2.48. The van der Waals surface area contributed by atoms with E-state index in [4.69, 9.17) is 4.74 Å². The molecule has 2 saturated carbocycles. The zero-order valence-corrected chi connectivity index (χ0v) is 10.9. The van der Waals surface area contributed by atoms with Gasteiger partial charge in [0.1, 0.15) is 6.61 Å². The molecule has 1 unspecified atom stereocenters. The summed E-state index contributed by atoms with van der Waals surface area (Å²) in [5, 5.41) is 13.3. The molecule has 3 rings (SSSR count). The van der Waals surface area contributed by atoms with Crippen LogP contribution in [0.3, 0.4) is 0 Å². The first kappa shape index (κ1) is 12.9. The SMILES string of the molecule is OCC(COc1ccccc1F)(NC1CC1)C1CC1. The van der Waals surface area contributed by atoms with E-state index in [-0.39, 0.29) is 18.2 Å². The summed E-state index contributed by atoms with van der Waals surface area (Å²) >= 11 is 0. The molecule has 1 aromatic rings. The van der Waals surface area contributed by atoms with Gasteiger partial charge in [-0.1, -0.05) is 12.1 Å². The molecular weight excluding hydrogens is 245 g/mol. The maximum atomic E-state index is 13.6. The fourth-order valence-corrected chi connectivity index (χ4v) is 2.54. The Balaban J connectivity index is 1.68. The Hall–Kier alpha value is -1.13. The van der Waals surface area contributed by atoms with Crippen molar-refractivity contribution < 1.29 is 14.2 Å². The molecule has 4 heteroatoms. The third-order valence-electron chi connectivity index (χ3n) is 4.03. The number of hydrogen-bond acceptors (Lipinski definition) is 3. The predicted molar refractivity (Wildman–Crippen MR) is 70.6 cm³/mol. The highest BCUT2D eigenvalue weighted by atomic mass is 19.1. The lowest BCUT2D eigenvalue weighted by Crippen LogP contribution is -2.56. The minimum Gasteiger partial charge on any atom is -0.488 e. The second-order valence-corrected chi connectivity index (χ2v) is 5.73. The molecule has 0 spiro atoms. The molecule has 0 bridgehead atoms. The van der Waals surface area contributed by atoms with Gasteiger partial charge in [-0.15, -0.1) is 0 Å². The molecule has 1 aromatic carbocycles. The molecule has 0 aromatic heterocycles. The van der Waals surface area contributed by atoms with Crippen molar-refractivity contribution in [2.24, 2.45) is 5.92 Å². The van der Waals surface area contributed by atoms with Crippen molar-refractivity contribution >= 4 is 0 Å². The van der Waals surface area contributed by atoms with Crippen LogP contribution in [0.25, 0.3) is 0 Å². The average molecular weight is 265 g/mol. The quantitative estimate of drug-likeness (QED) is 0.793. The molecule has 0 saturated heterocycles. The van der Waals surface area contributed by atoms with Crippen LogP contribution in [0, 0.1) is 11.7 Å². The molecule has 3 nitrogen and oxygen atoms in total. The first-order valence-corrected chi connectivity index (χ1v) is 6.99. The summed E-state index contributed by atoms with van der Waals surface area (Å²) in [5.41, 5.74) is -0.399. The van der Waals surface area contributed by atoms with Crippen molar-refractivity contribution in [3.8, 4) is 5.75 Å². The van der Waals surface area contributed by atoms with Gasteiger partial charge < -0.3 is 15.2 Å². The fraction of sp³-hybridized carbons (Fsp3) is 0.600. The van der Waals surface area contributed by atoms with Crippen LogP contribution in [-0.2, 0) is 0 Å². The molecule has 1 atom stereocenters. The van der Waals surface area contributed by atoms with Gasteiger partial charge in [0.2, 0.25) is 0 Å². The standard InChI is InChI=1S/C15H20FNO2/c16-13-3-1-2-4-14(13)19-10-15(9-18,11-5-6-11)17-12-7-8-12/h1-4,11-12,17-18H,5-10H2. The molecule has 0 aliphatic heterocycles. The van der Waals surface area contributed by atoms with Crippen molar-refractivity contribution in [3.05, 3.63) is 30.1 Å². The highest BCUT2D eigenvalue weighted by Crippen LogP contribution is 2.41. The Morgan fingerprint density at radius 2 is 2.00 bits per heavy atom. The lowest BCUT2D eigenvalue weighted by atomic mass is 9.95. The van der Waals surface area contributed by atoms with Crippen molar-refractivity contribution in [2.75, 3.05) is 13.2 Å². The summed E-state index contributed by atoms with van der Waals surface area (Å²) in [6.45, 7) is 0.369. The topological polar surface area (TPSA) is 41.5 Å². The van der Waals surface area contributed by atoms with Gasteiger partial charge in [-0.2, -0.15) is 0 Å². The number of rotatable bonds is 7. The third kappa shape index (κ3) is 2.90. The van der Waals surface area contributed by atoms with Crippen LogP contribution in [0.1, 0.15) is 25.7 Å². The third-order valence-corrected chi connectivity index (χ3v) is 4.03. The Morgan fingerprint density at radius 1 is 1.26 bits per heavy atom. The molecule has 2 aliphatic carbocycles. The van der Waals surface area contributed by atoms with E-state index in [0.29, 0.717) is 18.6 Å².